The zero-order valence-corrected chi connectivity index (χ0v) is 11.4. The molecule has 2 aromatic rings. The van der Waals surface area contributed by atoms with Gasteiger partial charge in [0.05, 0.1) is 12.8 Å². The fourth-order valence-electron chi connectivity index (χ4n) is 1.63. The van der Waals surface area contributed by atoms with Crippen molar-refractivity contribution in [2.24, 2.45) is 0 Å². The number of nitrogens with one attached hydrogen (secondary N) is 1. The molecule has 0 aliphatic rings. The summed E-state index contributed by atoms with van der Waals surface area (Å²) >= 11 is 0. The van der Waals surface area contributed by atoms with Crippen molar-refractivity contribution in [2.45, 2.75) is 0 Å². The van der Waals surface area contributed by atoms with Crippen molar-refractivity contribution in [3.05, 3.63) is 48.3 Å². The van der Waals surface area contributed by atoms with Crippen LogP contribution in [-0.2, 0) is 4.79 Å². The Morgan fingerprint density at radius 1 is 1.19 bits per heavy atom. The Morgan fingerprint density at radius 2 is 1.86 bits per heavy atom. The van der Waals surface area contributed by atoms with Gasteiger partial charge in [-0.25, -0.2) is 4.39 Å². The summed E-state index contributed by atoms with van der Waals surface area (Å²) in [6.45, 7) is -0.236. The van der Waals surface area contributed by atoms with Gasteiger partial charge in [-0.2, -0.15) is 0 Å². The summed E-state index contributed by atoms with van der Waals surface area (Å²) in [4.78, 5) is 11.7. The highest BCUT2D eigenvalue weighted by Crippen LogP contribution is 2.21. The lowest BCUT2D eigenvalue weighted by Crippen LogP contribution is -2.20. The van der Waals surface area contributed by atoms with E-state index in [2.05, 4.69) is 5.32 Å². The number of rotatable bonds is 5. The zero-order valence-electron chi connectivity index (χ0n) is 11.4. The molecule has 3 N–H and O–H groups in total. The van der Waals surface area contributed by atoms with Crippen LogP contribution < -0.4 is 20.5 Å². The van der Waals surface area contributed by atoms with Crippen LogP contribution in [0.2, 0.25) is 0 Å². The number of carbonyl (C=O) groups excluding carboxylic acids is 1. The second-order valence-electron chi connectivity index (χ2n) is 4.25. The van der Waals surface area contributed by atoms with Gasteiger partial charge in [0.1, 0.15) is 17.3 Å². The van der Waals surface area contributed by atoms with Gasteiger partial charge in [0.25, 0.3) is 5.91 Å². The predicted molar refractivity (Wildman–Crippen MR) is 77.9 cm³/mol. The molecule has 0 unspecified atom stereocenters. The van der Waals surface area contributed by atoms with Crippen LogP contribution in [-0.4, -0.2) is 19.6 Å². The second kappa shape index (κ2) is 6.60. The molecule has 0 saturated heterocycles. The molecule has 110 valence electrons. The van der Waals surface area contributed by atoms with Crippen LogP contribution in [0, 0.1) is 5.82 Å². The van der Waals surface area contributed by atoms with Crippen molar-refractivity contribution in [3.63, 3.8) is 0 Å². The van der Waals surface area contributed by atoms with Crippen molar-refractivity contribution >= 4 is 17.3 Å². The van der Waals surface area contributed by atoms with E-state index in [-0.39, 0.29) is 12.3 Å². The van der Waals surface area contributed by atoms with Crippen molar-refractivity contribution in [2.75, 3.05) is 24.8 Å². The molecule has 0 radical (unpaired) electrons. The number of carbonyl (C=O) groups is 1. The van der Waals surface area contributed by atoms with Crippen LogP contribution in [0.5, 0.6) is 11.5 Å². The number of methoxy groups -OCH3 is 1. The molecule has 0 saturated carbocycles. The summed E-state index contributed by atoms with van der Waals surface area (Å²) in [6, 6.07) is 10.7. The van der Waals surface area contributed by atoms with Gasteiger partial charge in [0.15, 0.2) is 6.61 Å². The summed E-state index contributed by atoms with van der Waals surface area (Å²) < 4.78 is 23.8. The van der Waals surface area contributed by atoms with E-state index >= 15 is 0 Å². The summed E-state index contributed by atoms with van der Waals surface area (Å²) in [6.07, 6.45) is 0. The van der Waals surface area contributed by atoms with Gasteiger partial charge in [-0.15, -0.1) is 0 Å². The minimum atomic E-state index is -0.545. The summed E-state index contributed by atoms with van der Waals surface area (Å²) in [5.41, 5.74) is 6.18. The molecule has 2 aromatic carbocycles. The maximum atomic E-state index is 13.5. The average Bonchev–Trinajstić information content (AvgIpc) is 2.49. The molecule has 0 aromatic heterocycles. The smallest absolute Gasteiger partial charge is 0.262 e. The average molecular weight is 290 g/mol. The summed E-state index contributed by atoms with van der Waals surface area (Å²) in [7, 11) is 1.46. The van der Waals surface area contributed by atoms with Gasteiger partial charge in [0, 0.05) is 11.8 Å². The Morgan fingerprint density at radius 3 is 2.52 bits per heavy atom. The molecule has 0 bridgehead atoms. The number of anilines is 2. The molecule has 0 atom stereocenters. The highest BCUT2D eigenvalue weighted by atomic mass is 19.1. The molecular weight excluding hydrogens is 275 g/mol. The predicted octanol–water partition coefficient (Wildman–Crippen LogP) is 2.43. The normalized spacial score (nSPS) is 10.0. The summed E-state index contributed by atoms with van der Waals surface area (Å²) in [5, 5.41) is 2.42. The Balaban J connectivity index is 1.94. The maximum absolute atomic E-state index is 13.5. The van der Waals surface area contributed by atoms with Gasteiger partial charge in [0.2, 0.25) is 0 Å². The molecule has 0 aliphatic carbocycles. The molecular formula is C15H15FN2O3. The number of hydrogen-bond acceptors (Lipinski definition) is 4. The van der Waals surface area contributed by atoms with Gasteiger partial charge in [-0.05, 0) is 36.4 Å². The molecule has 21 heavy (non-hydrogen) atoms. The lowest BCUT2D eigenvalue weighted by atomic mass is 10.3. The molecule has 5 nitrogen and oxygen atoms in total. The standard InChI is InChI=1S/C15H15FN2O3/c1-20-12-6-7-13(16)14(8-12)18-15(19)9-21-11-4-2-10(17)3-5-11/h2-8H,9,17H2,1H3,(H,18,19). The highest BCUT2D eigenvalue weighted by molar-refractivity contribution is 5.92. The first-order valence-corrected chi connectivity index (χ1v) is 6.20. The van der Waals surface area contributed by atoms with Crippen LogP contribution in [0.1, 0.15) is 0 Å². The molecule has 2 rings (SSSR count). The third-order valence-corrected chi connectivity index (χ3v) is 2.70. The molecule has 0 aliphatic heterocycles. The third kappa shape index (κ3) is 4.10. The van der Waals surface area contributed by atoms with Crippen LogP contribution in [0.15, 0.2) is 42.5 Å². The number of amides is 1. The van der Waals surface area contributed by atoms with E-state index in [1.54, 1.807) is 24.3 Å². The largest absolute Gasteiger partial charge is 0.497 e. The molecule has 0 heterocycles. The first-order valence-electron chi connectivity index (χ1n) is 6.20. The molecule has 6 heteroatoms. The number of benzene rings is 2. The number of nitrogen functional groups attached to an aromatic ring is 1. The minimum absolute atomic E-state index is 0.0419. The minimum Gasteiger partial charge on any atom is -0.497 e. The Hall–Kier alpha value is -2.76. The van der Waals surface area contributed by atoms with E-state index in [1.165, 1.54) is 25.3 Å². The van der Waals surface area contributed by atoms with Crippen LogP contribution in [0.25, 0.3) is 0 Å². The Labute approximate surface area is 121 Å². The van der Waals surface area contributed by atoms with E-state index in [0.717, 1.165) is 0 Å². The lowest BCUT2D eigenvalue weighted by molar-refractivity contribution is -0.118. The van der Waals surface area contributed by atoms with E-state index in [1.807, 2.05) is 0 Å². The van der Waals surface area contributed by atoms with Crippen molar-refractivity contribution in [1.82, 2.24) is 0 Å². The molecule has 1 amide bonds. The molecule has 0 spiro atoms. The maximum Gasteiger partial charge on any atom is 0.262 e. The third-order valence-electron chi connectivity index (χ3n) is 2.70. The van der Waals surface area contributed by atoms with E-state index in [9.17, 15) is 9.18 Å². The molecule has 0 fully saturated rings. The van der Waals surface area contributed by atoms with Crippen LogP contribution >= 0.6 is 0 Å². The SMILES string of the molecule is COc1ccc(F)c(NC(=O)COc2ccc(N)cc2)c1. The fraction of sp³-hybridized carbons (Fsp3) is 0.133. The van der Waals surface area contributed by atoms with Gasteiger partial charge >= 0.3 is 0 Å². The zero-order chi connectivity index (χ0) is 15.2. The summed E-state index contributed by atoms with van der Waals surface area (Å²) in [5.74, 6) is -0.0628. The Kier molecular flexibility index (Phi) is 4.61. The van der Waals surface area contributed by atoms with Crippen LogP contribution in [0.4, 0.5) is 15.8 Å². The first-order chi connectivity index (χ1) is 10.1. The number of halogens is 1. The van der Waals surface area contributed by atoms with Crippen LogP contribution in [0.3, 0.4) is 0 Å². The van der Waals surface area contributed by atoms with E-state index in [4.69, 9.17) is 15.2 Å². The highest BCUT2D eigenvalue weighted by Gasteiger charge is 2.09. The quantitative estimate of drug-likeness (QED) is 0.829. The van der Waals surface area contributed by atoms with Gasteiger partial charge in [-0.3, -0.25) is 4.79 Å². The number of nitrogens with two attached hydrogens (primary N) is 1. The van der Waals surface area contributed by atoms with Crippen molar-refractivity contribution in [1.29, 1.82) is 0 Å². The Bertz CT molecular complexity index is 629. The lowest BCUT2D eigenvalue weighted by Gasteiger charge is -2.09. The topological polar surface area (TPSA) is 73.6 Å². The van der Waals surface area contributed by atoms with Gasteiger partial charge < -0.3 is 20.5 Å². The number of ether oxygens (including phenoxy) is 2. The van der Waals surface area contributed by atoms with E-state index in [0.29, 0.717) is 17.2 Å². The fourth-order valence-corrected chi connectivity index (χ4v) is 1.63. The van der Waals surface area contributed by atoms with Crippen molar-refractivity contribution < 1.29 is 18.7 Å². The first kappa shape index (κ1) is 14.6. The van der Waals surface area contributed by atoms with Gasteiger partial charge in [-0.1, -0.05) is 0 Å². The van der Waals surface area contributed by atoms with Crippen molar-refractivity contribution in [3.8, 4) is 11.5 Å². The van der Waals surface area contributed by atoms with E-state index < -0.39 is 11.7 Å². The second-order valence-corrected chi connectivity index (χ2v) is 4.25. The monoisotopic (exact) mass is 290 g/mol. The number of hydrogen-bond donors (Lipinski definition) is 2.